The molecule has 0 amide bonds. The average molecular weight is 218 g/mol. The highest BCUT2D eigenvalue weighted by Gasteiger charge is 2.07. The van der Waals surface area contributed by atoms with Crippen molar-refractivity contribution in [2.45, 2.75) is 4.21 Å². The number of hydrogen-bond acceptors (Lipinski definition) is 4. The number of rotatable bonds is 4. The maximum atomic E-state index is 10.4. The Morgan fingerprint density at radius 1 is 1.38 bits per heavy atom. The van der Waals surface area contributed by atoms with E-state index in [0.717, 1.165) is 23.1 Å². The number of carboxylic acids is 2. The molecule has 0 saturated carbocycles. The largest absolute Gasteiger partial charge is 0.481 e. The van der Waals surface area contributed by atoms with E-state index in [-0.39, 0.29) is 10.6 Å². The molecule has 13 heavy (non-hydrogen) atoms. The van der Waals surface area contributed by atoms with Gasteiger partial charge in [0.1, 0.15) is 4.88 Å². The van der Waals surface area contributed by atoms with Crippen molar-refractivity contribution < 1.29 is 19.8 Å². The summed E-state index contributed by atoms with van der Waals surface area (Å²) in [7, 11) is 0. The van der Waals surface area contributed by atoms with Crippen LogP contribution in [0, 0.1) is 0 Å². The third-order valence-corrected chi connectivity index (χ3v) is 3.41. The van der Waals surface area contributed by atoms with Crippen LogP contribution in [0.15, 0.2) is 16.3 Å². The SMILES string of the molecule is O=C(O)CSc1ccc(C(=O)O)s1. The second kappa shape index (κ2) is 4.29. The van der Waals surface area contributed by atoms with Crippen LogP contribution in [0.25, 0.3) is 0 Å². The quantitative estimate of drug-likeness (QED) is 0.751. The summed E-state index contributed by atoms with van der Waals surface area (Å²) in [5.41, 5.74) is 0. The van der Waals surface area contributed by atoms with E-state index < -0.39 is 11.9 Å². The standard InChI is InChI=1S/C7H6O4S2/c8-5(9)3-12-6-2-1-4(13-6)7(10)11/h1-2H,3H2,(H,8,9)(H,10,11). The highest BCUT2D eigenvalue weighted by atomic mass is 32.2. The Bertz CT molecular complexity index is 331. The summed E-state index contributed by atoms with van der Waals surface area (Å²) < 4.78 is 0.708. The minimum Gasteiger partial charge on any atom is -0.481 e. The van der Waals surface area contributed by atoms with Crippen molar-refractivity contribution in [3.63, 3.8) is 0 Å². The van der Waals surface area contributed by atoms with Crippen LogP contribution in [-0.4, -0.2) is 27.9 Å². The van der Waals surface area contributed by atoms with Crippen LogP contribution >= 0.6 is 23.1 Å². The van der Waals surface area contributed by atoms with E-state index in [9.17, 15) is 9.59 Å². The van der Waals surface area contributed by atoms with Crippen LogP contribution < -0.4 is 0 Å². The van der Waals surface area contributed by atoms with E-state index in [1.807, 2.05) is 0 Å². The number of hydrogen-bond donors (Lipinski definition) is 2. The minimum atomic E-state index is -0.979. The maximum Gasteiger partial charge on any atom is 0.345 e. The molecule has 1 aromatic heterocycles. The Morgan fingerprint density at radius 2 is 2.08 bits per heavy atom. The summed E-state index contributed by atoms with van der Waals surface area (Å²) in [6.45, 7) is 0. The lowest BCUT2D eigenvalue weighted by Gasteiger charge is -1.90. The molecule has 1 heterocycles. The van der Waals surface area contributed by atoms with Gasteiger partial charge in [-0.25, -0.2) is 4.79 Å². The number of carbonyl (C=O) groups is 2. The molecule has 0 aromatic carbocycles. The molecule has 4 nitrogen and oxygen atoms in total. The molecule has 6 heteroatoms. The second-order valence-electron chi connectivity index (χ2n) is 2.11. The van der Waals surface area contributed by atoms with E-state index in [4.69, 9.17) is 10.2 Å². The predicted molar refractivity (Wildman–Crippen MR) is 49.6 cm³/mol. The van der Waals surface area contributed by atoms with Crippen LogP contribution in [0.2, 0.25) is 0 Å². The van der Waals surface area contributed by atoms with Gasteiger partial charge in [0.05, 0.1) is 9.96 Å². The molecule has 0 bridgehead atoms. The molecule has 1 aromatic rings. The first-order valence-corrected chi connectivity index (χ1v) is 5.07. The number of thioether (sulfide) groups is 1. The zero-order valence-corrected chi connectivity index (χ0v) is 8.02. The summed E-state index contributed by atoms with van der Waals surface area (Å²) >= 11 is 2.21. The van der Waals surface area contributed by atoms with E-state index in [1.54, 1.807) is 6.07 Å². The molecule has 0 radical (unpaired) electrons. The van der Waals surface area contributed by atoms with Crippen molar-refractivity contribution in [2.24, 2.45) is 0 Å². The van der Waals surface area contributed by atoms with Crippen molar-refractivity contribution in [1.82, 2.24) is 0 Å². The van der Waals surface area contributed by atoms with Crippen molar-refractivity contribution in [3.8, 4) is 0 Å². The van der Waals surface area contributed by atoms with Crippen molar-refractivity contribution >= 4 is 35.0 Å². The molecular formula is C7H6O4S2. The zero-order valence-electron chi connectivity index (χ0n) is 6.39. The highest BCUT2D eigenvalue weighted by molar-refractivity contribution is 8.01. The van der Waals surface area contributed by atoms with Crippen molar-refractivity contribution in [1.29, 1.82) is 0 Å². The molecule has 70 valence electrons. The smallest absolute Gasteiger partial charge is 0.345 e. The summed E-state index contributed by atoms with van der Waals surface area (Å²) in [5.74, 6) is -1.93. The van der Waals surface area contributed by atoms with Gasteiger partial charge in [-0.05, 0) is 12.1 Å². The van der Waals surface area contributed by atoms with Gasteiger partial charge in [0.25, 0.3) is 0 Å². The molecule has 0 aliphatic carbocycles. The fraction of sp³-hybridized carbons (Fsp3) is 0.143. The number of thiophene rings is 1. The lowest BCUT2D eigenvalue weighted by atomic mass is 10.5. The Kier molecular flexibility index (Phi) is 3.32. The van der Waals surface area contributed by atoms with Gasteiger partial charge in [0.15, 0.2) is 0 Å². The lowest BCUT2D eigenvalue weighted by Crippen LogP contribution is -1.96. The summed E-state index contributed by atoms with van der Waals surface area (Å²) in [6.07, 6.45) is 0. The molecule has 2 N–H and O–H groups in total. The van der Waals surface area contributed by atoms with Gasteiger partial charge in [0.2, 0.25) is 0 Å². The molecule has 0 spiro atoms. The van der Waals surface area contributed by atoms with Crippen LogP contribution in [-0.2, 0) is 4.79 Å². The molecule has 0 atom stereocenters. The van der Waals surface area contributed by atoms with Gasteiger partial charge >= 0.3 is 11.9 Å². The van der Waals surface area contributed by atoms with Gasteiger partial charge in [-0.3, -0.25) is 4.79 Å². The van der Waals surface area contributed by atoms with Gasteiger partial charge in [-0.15, -0.1) is 23.1 Å². The van der Waals surface area contributed by atoms with Crippen molar-refractivity contribution in [3.05, 3.63) is 17.0 Å². The summed E-state index contributed by atoms with van der Waals surface area (Å²) in [6, 6.07) is 3.08. The van der Waals surface area contributed by atoms with Gasteiger partial charge in [-0.2, -0.15) is 0 Å². The molecule has 1 rings (SSSR count). The third-order valence-electron chi connectivity index (χ3n) is 1.13. The Balaban J connectivity index is 2.59. The third kappa shape index (κ3) is 3.08. The zero-order chi connectivity index (χ0) is 9.84. The van der Waals surface area contributed by atoms with Crippen LogP contribution in [0.4, 0.5) is 0 Å². The fourth-order valence-electron chi connectivity index (χ4n) is 0.646. The van der Waals surface area contributed by atoms with Gasteiger partial charge in [0, 0.05) is 0 Å². The molecule has 0 fully saturated rings. The van der Waals surface area contributed by atoms with Crippen LogP contribution in [0.3, 0.4) is 0 Å². The van der Waals surface area contributed by atoms with Gasteiger partial charge in [-0.1, -0.05) is 0 Å². The summed E-state index contributed by atoms with van der Waals surface area (Å²) in [4.78, 5) is 20.8. The minimum absolute atomic E-state index is 0.0421. The predicted octanol–water partition coefficient (Wildman–Crippen LogP) is 1.62. The number of aromatic carboxylic acids is 1. The van der Waals surface area contributed by atoms with Crippen LogP contribution in [0.5, 0.6) is 0 Å². The molecule has 0 unspecified atom stereocenters. The van der Waals surface area contributed by atoms with E-state index in [1.165, 1.54) is 6.07 Å². The monoisotopic (exact) mass is 218 g/mol. The molecule has 0 saturated heterocycles. The first-order valence-electron chi connectivity index (χ1n) is 3.27. The highest BCUT2D eigenvalue weighted by Crippen LogP contribution is 2.26. The van der Waals surface area contributed by atoms with E-state index in [2.05, 4.69) is 0 Å². The fourth-order valence-corrected chi connectivity index (χ4v) is 2.33. The van der Waals surface area contributed by atoms with Crippen LogP contribution in [0.1, 0.15) is 9.67 Å². The first-order chi connectivity index (χ1) is 6.09. The second-order valence-corrected chi connectivity index (χ2v) is 4.47. The molecular weight excluding hydrogens is 212 g/mol. The topological polar surface area (TPSA) is 74.6 Å². The Hall–Kier alpha value is -1.01. The normalized spacial score (nSPS) is 9.85. The Morgan fingerprint density at radius 3 is 2.54 bits per heavy atom. The first kappa shape index (κ1) is 10.1. The van der Waals surface area contributed by atoms with E-state index in [0.29, 0.717) is 4.21 Å². The van der Waals surface area contributed by atoms with Crippen molar-refractivity contribution in [2.75, 3.05) is 5.75 Å². The lowest BCUT2D eigenvalue weighted by molar-refractivity contribution is -0.133. The molecule has 0 aliphatic heterocycles. The van der Waals surface area contributed by atoms with Gasteiger partial charge < -0.3 is 10.2 Å². The summed E-state index contributed by atoms with van der Waals surface area (Å²) in [5, 5.41) is 16.9. The Labute approximate surface area is 82.2 Å². The average Bonchev–Trinajstić information content (AvgIpc) is 2.48. The molecule has 0 aliphatic rings. The number of carboxylic acid groups (broad SMARTS) is 2. The number of aliphatic carboxylic acids is 1. The maximum absolute atomic E-state index is 10.4. The van der Waals surface area contributed by atoms with E-state index >= 15 is 0 Å².